The molecule has 0 bridgehead atoms. The molecule has 27 heavy (non-hydrogen) atoms. The van der Waals surface area contributed by atoms with Crippen LogP contribution in [0.3, 0.4) is 0 Å². The summed E-state index contributed by atoms with van der Waals surface area (Å²) in [5.41, 5.74) is 2.13. The lowest BCUT2D eigenvalue weighted by Gasteiger charge is -2.11. The van der Waals surface area contributed by atoms with E-state index in [9.17, 15) is 4.79 Å². The number of amides is 1. The van der Waals surface area contributed by atoms with Crippen LogP contribution in [0.1, 0.15) is 16.1 Å². The minimum absolute atomic E-state index is 0.0907. The van der Waals surface area contributed by atoms with E-state index in [0.717, 1.165) is 5.56 Å². The predicted molar refractivity (Wildman–Crippen MR) is 114 cm³/mol. The van der Waals surface area contributed by atoms with E-state index in [2.05, 4.69) is 10.6 Å². The van der Waals surface area contributed by atoms with E-state index in [4.69, 9.17) is 51.4 Å². The number of halogens is 3. The maximum Gasteiger partial charge on any atom is 0.293 e. The number of carbonyl (C=O) groups excluding carboxylic acids is 1. The predicted octanol–water partition coefficient (Wildman–Crippen LogP) is 6.34. The van der Waals surface area contributed by atoms with Gasteiger partial charge in [-0.25, -0.2) is 0 Å². The van der Waals surface area contributed by atoms with Crippen LogP contribution >= 0.6 is 47.0 Å². The second-order valence-corrected chi connectivity index (χ2v) is 7.19. The highest BCUT2D eigenvalue weighted by molar-refractivity contribution is 7.80. The highest BCUT2D eigenvalue weighted by Gasteiger charge is 2.16. The van der Waals surface area contributed by atoms with Crippen molar-refractivity contribution in [2.75, 3.05) is 5.32 Å². The molecule has 3 aromatic rings. The lowest BCUT2D eigenvalue weighted by atomic mass is 10.2. The molecule has 1 heterocycles. The summed E-state index contributed by atoms with van der Waals surface area (Å²) in [7, 11) is 0. The SMILES string of the molecule is Cc1c(Cl)cccc1NC(=S)NC(=O)c1ccc(-c2cccc(Cl)c2Cl)o1. The molecule has 0 atom stereocenters. The molecule has 2 aromatic carbocycles. The van der Waals surface area contributed by atoms with Crippen molar-refractivity contribution < 1.29 is 9.21 Å². The van der Waals surface area contributed by atoms with E-state index >= 15 is 0 Å². The largest absolute Gasteiger partial charge is 0.451 e. The first kappa shape index (κ1) is 19.7. The molecule has 1 amide bonds. The number of hydrogen-bond donors (Lipinski definition) is 2. The molecule has 8 heteroatoms. The second kappa shape index (κ2) is 8.31. The molecule has 0 saturated carbocycles. The number of furan rings is 1. The van der Waals surface area contributed by atoms with Crippen LogP contribution < -0.4 is 10.6 Å². The fourth-order valence-corrected chi connectivity index (χ4v) is 3.13. The molecule has 2 N–H and O–H groups in total. The number of rotatable bonds is 3. The van der Waals surface area contributed by atoms with E-state index in [1.807, 2.05) is 13.0 Å². The van der Waals surface area contributed by atoms with Crippen LogP contribution in [0.4, 0.5) is 5.69 Å². The first-order chi connectivity index (χ1) is 12.9. The molecule has 1 aromatic heterocycles. The van der Waals surface area contributed by atoms with Gasteiger partial charge in [0, 0.05) is 16.3 Å². The van der Waals surface area contributed by atoms with Crippen molar-refractivity contribution >= 4 is 63.7 Å². The molecule has 0 fully saturated rings. The van der Waals surface area contributed by atoms with Gasteiger partial charge in [-0.15, -0.1) is 0 Å². The Balaban J connectivity index is 1.72. The van der Waals surface area contributed by atoms with E-state index < -0.39 is 5.91 Å². The Labute approximate surface area is 176 Å². The van der Waals surface area contributed by atoms with Gasteiger partial charge in [0.15, 0.2) is 10.9 Å². The van der Waals surface area contributed by atoms with Crippen LogP contribution in [-0.2, 0) is 0 Å². The summed E-state index contributed by atoms with van der Waals surface area (Å²) in [5.74, 6) is 0.0294. The van der Waals surface area contributed by atoms with Crippen molar-refractivity contribution in [2.45, 2.75) is 6.92 Å². The van der Waals surface area contributed by atoms with Crippen LogP contribution in [0.5, 0.6) is 0 Å². The number of thiocarbonyl (C=S) groups is 1. The van der Waals surface area contributed by atoms with Gasteiger partial charge in [-0.2, -0.15) is 0 Å². The van der Waals surface area contributed by atoms with Gasteiger partial charge >= 0.3 is 0 Å². The molecular formula is C19H13Cl3N2O2S. The third kappa shape index (κ3) is 4.45. The molecule has 0 aliphatic heterocycles. The van der Waals surface area contributed by atoms with Crippen LogP contribution in [0.2, 0.25) is 15.1 Å². The highest BCUT2D eigenvalue weighted by atomic mass is 35.5. The molecule has 0 aliphatic carbocycles. The summed E-state index contributed by atoms with van der Waals surface area (Å²) >= 11 is 23.5. The Hall–Kier alpha value is -2.05. The average molecular weight is 440 g/mol. The van der Waals surface area contributed by atoms with E-state index in [1.165, 1.54) is 6.07 Å². The third-order valence-corrected chi connectivity index (χ3v) is 5.22. The van der Waals surface area contributed by atoms with Crippen molar-refractivity contribution in [1.29, 1.82) is 0 Å². The first-order valence-electron chi connectivity index (χ1n) is 7.78. The van der Waals surface area contributed by atoms with Crippen molar-refractivity contribution in [2.24, 2.45) is 0 Å². The molecule has 4 nitrogen and oxygen atoms in total. The van der Waals surface area contributed by atoms with Gasteiger partial charge in [0.05, 0.1) is 10.0 Å². The Morgan fingerprint density at radius 2 is 1.70 bits per heavy atom. The quantitative estimate of drug-likeness (QED) is 0.467. The maximum atomic E-state index is 12.4. The summed E-state index contributed by atoms with van der Waals surface area (Å²) in [4.78, 5) is 12.4. The van der Waals surface area contributed by atoms with E-state index in [0.29, 0.717) is 32.1 Å². The van der Waals surface area contributed by atoms with Gasteiger partial charge in [0.2, 0.25) is 0 Å². The molecule has 0 spiro atoms. The Bertz CT molecular complexity index is 1030. The Kier molecular flexibility index (Phi) is 6.07. The van der Waals surface area contributed by atoms with Crippen LogP contribution in [-0.4, -0.2) is 11.0 Å². The molecule has 138 valence electrons. The van der Waals surface area contributed by atoms with Crippen LogP contribution in [0.15, 0.2) is 52.9 Å². The monoisotopic (exact) mass is 438 g/mol. The van der Waals surface area contributed by atoms with Gasteiger partial charge in [-0.05, 0) is 61.1 Å². The molecule has 0 aliphatic rings. The van der Waals surface area contributed by atoms with E-state index in [1.54, 1.807) is 36.4 Å². The molecule has 0 radical (unpaired) electrons. The van der Waals surface area contributed by atoms with Crippen molar-refractivity contribution in [1.82, 2.24) is 5.32 Å². The van der Waals surface area contributed by atoms with Crippen molar-refractivity contribution in [3.63, 3.8) is 0 Å². The Morgan fingerprint density at radius 3 is 2.48 bits per heavy atom. The lowest BCUT2D eigenvalue weighted by Crippen LogP contribution is -2.34. The first-order valence-corrected chi connectivity index (χ1v) is 9.32. The number of anilines is 1. The number of hydrogen-bond acceptors (Lipinski definition) is 3. The van der Waals surface area contributed by atoms with Gasteiger partial charge < -0.3 is 9.73 Å². The Morgan fingerprint density at radius 1 is 1.00 bits per heavy atom. The minimum Gasteiger partial charge on any atom is -0.451 e. The zero-order valence-corrected chi connectivity index (χ0v) is 17.1. The number of benzene rings is 2. The summed E-state index contributed by atoms with van der Waals surface area (Å²) in [6.45, 7) is 1.85. The van der Waals surface area contributed by atoms with E-state index in [-0.39, 0.29) is 10.9 Å². The summed E-state index contributed by atoms with van der Waals surface area (Å²) < 4.78 is 5.60. The maximum absolute atomic E-state index is 12.4. The highest BCUT2D eigenvalue weighted by Crippen LogP contribution is 2.34. The topological polar surface area (TPSA) is 54.3 Å². The smallest absolute Gasteiger partial charge is 0.293 e. The molecule has 3 rings (SSSR count). The number of carbonyl (C=O) groups is 1. The van der Waals surface area contributed by atoms with Gasteiger partial charge in [-0.3, -0.25) is 10.1 Å². The van der Waals surface area contributed by atoms with Crippen molar-refractivity contribution in [3.05, 3.63) is 74.9 Å². The van der Waals surface area contributed by atoms with Gasteiger partial charge in [-0.1, -0.05) is 46.9 Å². The standard InChI is InChI=1S/C19H13Cl3N2O2S/c1-10-12(20)5-3-7-14(10)23-19(27)24-18(25)16-9-8-15(26-16)11-4-2-6-13(21)17(11)22/h2-9H,1H3,(H2,23,24,25,27). The minimum atomic E-state index is -0.489. The van der Waals surface area contributed by atoms with Crippen LogP contribution in [0, 0.1) is 6.92 Å². The van der Waals surface area contributed by atoms with Gasteiger partial charge in [0.25, 0.3) is 5.91 Å². The number of nitrogens with one attached hydrogen (secondary N) is 2. The second-order valence-electron chi connectivity index (χ2n) is 5.59. The average Bonchev–Trinajstić information content (AvgIpc) is 3.11. The zero-order valence-electron chi connectivity index (χ0n) is 14.0. The summed E-state index contributed by atoms with van der Waals surface area (Å²) in [6.07, 6.45) is 0. The third-order valence-electron chi connectivity index (χ3n) is 3.79. The fourth-order valence-electron chi connectivity index (χ4n) is 2.36. The lowest BCUT2D eigenvalue weighted by molar-refractivity contribution is 0.0951. The normalized spacial score (nSPS) is 10.5. The zero-order chi connectivity index (χ0) is 19.6. The molecule has 0 unspecified atom stereocenters. The fraction of sp³-hybridized carbons (Fsp3) is 0.0526. The summed E-state index contributed by atoms with van der Waals surface area (Å²) in [5, 5.41) is 7.00. The molecular weight excluding hydrogens is 427 g/mol. The van der Waals surface area contributed by atoms with Crippen molar-refractivity contribution in [3.8, 4) is 11.3 Å². The summed E-state index contributed by atoms with van der Waals surface area (Å²) in [6, 6.07) is 13.7. The van der Waals surface area contributed by atoms with Gasteiger partial charge in [0.1, 0.15) is 5.76 Å². The molecule has 0 saturated heterocycles. The van der Waals surface area contributed by atoms with Crippen LogP contribution in [0.25, 0.3) is 11.3 Å².